The van der Waals surface area contributed by atoms with Crippen molar-refractivity contribution in [1.82, 2.24) is 9.80 Å². The lowest BCUT2D eigenvalue weighted by molar-refractivity contribution is 0.00908. The van der Waals surface area contributed by atoms with Crippen molar-refractivity contribution in [2.45, 2.75) is 50.6 Å². The van der Waals surface area contributed by atoms with Crippen LogP contribution in [0.25, 0.3) is 0 Å². The summed E-state index contributed by atoms with van der Waals surface area (Å²) in [6.07, 6.45) is 9.78. The minimum absolute atomic E-state index is 0.110. The van der Waals surface area contributed by atoms with Crippen LogP contribution in [-0.2, 0) is 4.74 Å². The van der Waals surface area contributed by atoms with Crippen LogP contribution in [0, 0.1) is 11.8 Å². The number of benzene rings is 1. The van der Waals surface area contributed by atoms with Gasteiger partial charge in [0.2, 0.25) is 0 Å². The average molecular weight is 410 g/mol. The number of anilines is 1. The number of hydrogen-bond donors (Lipinski definition) is 1. The van der Waals surface area contributed by atoms with Gasteiger partial charge in [0.1, 0.15) is 0 Å². The third-order valence-electron chi connectivity index (χ3n) is 7.49. The zero-order chi connectivity index (χ0) is 20.7. The zero-order valence-corrected chi connectivity index (χ0v) is 17.7. The number of hydrogen-bond acceptors (Lipinski definition) is 4. The Kier molecular flexibility index (Phi) is 5.27. The molecule has 2 bridgehead atoms. The maximum Gasteiger partial charge on any atom is 0.339 e. The number of urea groups is 1. The van der Waals surface area contributed by atoms with E-state index in [0.717, 1.165) is 25.9 Å². The molecular weight excluding hydrogens is 378 g/mol. The highest BCUT2D eigenvalue weighted by atomic mass is 16.5. The fourth-order valence-corrected chi connectivity index (χ4v) is 6.27. The summed E-state index contributed by atoms with van der Waals surface area (Å²) >= 11 is 0. The second kappa shape index (κ2) is 8.06. The van der Waals surface area contributed by atoms with E-state index in [4.69, 9.17) is 4.74 Å². The van der Waals surface area contributed by atoms with E-state index in [1.807, 2.05) is 11.0 Å². The first-order valence-corrected chi connectivity index (χ1v) is 11.4. The largest absolute Gasteiger partial charge is 0.465 e. The third kappa shape index (κ3) is 3.41. The van der Waals surface area contributed by atoms with Crippen LogP contribution >= 0.6 is 0 Å². The number of methoxy groups -OCH3 is 1. The molecule has 6 nitrogen and oxygen atoms in total. The number of nitrogens with zero attached hydrogens (tertiary/aromatic N) is 2. The second-order valence-corrected chi connectivity index (χ2v) is 9.17. The minimum Gasteiger partial charge on any atom is -0.465 e. The summed E-state index contributed by atoms with van der Waals surface area (Å²) in [7, 11) is 1.36. The molecule has 5 rings (SSSR count). The van der Waals surface area contributed by atoms with E-state index in [9.17, 15) is 9.59 Å². The number of nitrogens with one attached hydrogen (secondary N) is 1. The van der Waals surface area contributed by atoms with E-state index in [0.29, 0.717) is 29.1 Å². The van der Waals surface area contributed by atoms with E-state index < -0.39 is 5.97 Å². The molecule has 1 aromatic rings. The fraction of sp³-hybridized carbons (Fsp3) is 0.583. The van der Waals surface area contributed by atoms with Crippen molar-refractivity contribution in [1.29, 1.82) is 0 Å². The lowest BCUT2D eigenvalue weighted by atomic mass is 9.68. The van der Waals surface area contributed by atoms with Crippen LogP contribution in [0.2, 0.25) is 0 Å². The molecule has 1 N–H and O–H groups in total. The van der Waals surface area contributed by atoms with Crippen LogP contribution in [0.1, 0.15) is 48.9 Å². The lowest BCUT2D eigenvalue weighted by Gasteiger charge is -2.54. The van der Waals surface area contributed by atoms with Crippen molar-refractivity contribution in [2.24, 2.45) is 11.8 Å². The van der Waals surface area contributed by atoms with E-state index >= 15 is 0 Å². The first kappa shape index (κ1) is 19.6. The van der Waals surface area contributed by atoms with Crippen LogP contribution in [0.5, 0.6) is 0 Å². The van der Waals surface area contributed by atoms with Crippen molar-refractivity contribution in [3.8, 4) is 0 Å². The molecule has 0 saturated carbocycles. The highest BCUT2D eigenvalue weighted by Gasteiger charge is 2.47. The number of para-hydroxylation sites is 1. The van der Waals surface area contributed by atoms with Crippen LogP contribution in [0.15, 0.2) is 35.9 Å². The van der Waals surface area contributed by atoms with Crippen LogP contribution in [0.3, 0.4) is 0 Å². The van der Waals surface area contributed by atoms with Gasteiger partial charge in [0.15, 0.2) is 0 Å². The number of fused-ring (bicyclic) bond motifs is 6. The van der Waals surface area contributed by atoms with Crippen LogP contribution in [0.4, 0.5) is 10.5 Å². The number of carbonyl (C=O) groups is 2. The molecule has 0 unspecified atom stereocenters. The SMILES string of the molecule is COC(=O)c1ccccc1NC(=O)N1CCCC2=C[C@@H]3C[C@H](CN4CCCC[C@H]34)[C@@H]21. The van der Waals surface area contributed by atoms with Crippen molar-refractivity contribution in [2.75, 3.05) is 32.1 Å². The first-order chi connectivity index (χ1) is 14.7. The molecule has 4 aliphatic rings. The number of rotatable bonds is 2. The van der Waals surface area contributed by atoms with Gasteiger partial charge in [0.25, 0.3) is 0 Å². The minimum atomic E-state index is -0.436. The van der Waals surface area contributed by atoms with Gasteiger partial charge in [-0.25, -0.2) is 9.59 Å². The Labute approximate surface area is 178 Å². The maximum atomic E-state index is 13.4. The average Bonchev–Trinajstić information content (AvgIpc) is 2.78. The third-order valence-corrected chi connectivity index (χ3v) is 7.49. The molecule has 160 valence electrons. The first-order valence-electron chi connectivity index (χ1n) is 11.4. The van der Waals surface area contributed by atoms with Crippen molar-refractivity contribution >= 4 is 17.7 Å². The monoisotopic (exact) mass is 409 g/mol. The standard InChI is InChI=1S/C24H31N3O3/c1-30-23(28)19-8-2-3-9-20(19)25-24(29)27-12-6-7-16-13-17-14-18(22(16)27)15-26-11-5-4-10-21(17)26/h2-3,8-9,13,17-18,21-22H,4-7,10-12,14-15H2,1H3,(H,25,29)/t17-,18-,21-,22-/m1/s1. The Balaban J connectivity index is 1.39. The molecule has 0 aromatic heterocycles. The highest BCUT2D eigenvalue weighted by Crippen LogP contribution is 2.45. The van der Waals surface area contributed by atoms with Crippen molar-refractivity contribution < 1.29 is 14.3 Å². The maximum absolute atomic E-state index is 13.4. The molecule has 3 aliphatic heterocycles. The highest BCUT2D eigenvalue weighted by molar-refractivity contribution is 6.00. The summed E-state index contributed by atoms with van der Waals surface area (Å²) in [6.45, 7) is 3.07. The lowest BCUT2D eigenvalue weighted by Crippen LogP contribution is -2.60. The molecular formula is C24H31N3O3. The molecule has 30 heavy (non-hydrogen) atoms. The Morgan fingerprint density at radius 3 is 2.87 bits per heavy atom. The number of esters is 1. The summed E-state index contributed by atoms with van der Waals surface area (Å²) in [4.78, 5) is 30.2. The molecule has 6 heteroatoms. The van der Waals surface area contributed by atoms with Gasteiger partial charge in [0.05, 0.1) is 24.4 Å². The number of piperidine rings is 3. The number of amides is 2. The van der Waals surface area contributed by atoms with E-state index in [-0.39, 0.29) is 12.1 Å². The number of likely N-dealkylation sites (tertiary alicyclic amines) is 1. The van der Waals surface area contributed by atoms with Gasteiger partial charge in [0, 0.05) is 19.1 Å². The zero-order valence-electron chi connectivity index (χ0n) is 17.7. The Morgan fingerprint density at radius 1 is 1.13 bits per heavy atom. The number of ether oxygens (including phenoxy) is 1. The summed E-state index contributed by atoms with van der Waals surface area (Å²) in [5.41, 5.74) is 2.36. The van der Waals surface area contributed by atoms with Crippen molar-refractivity contribution in [3.05, 3.63) is 41.5 Å². The van der Waals surface area contributed by atoms with Crippen LogP contribution < -0.4 is 5.32 Å². The predicted molar refractivity (Wildman–Crippen MR) is 115 cm³/mol. The van der Waals surface area contributed by atoms with Gasteiger partial charge in [-0.05, 0) is 62.6 Å². The topological polar surface area (TPSA) is 61.9 Å². The summed E-state index contributed by atoms with van der Waals surface area (Å²) < 4.78 is 4.88. The molecule has 0 spiro atoms. The molecule has 3 saturated heterocycles. The summed E-state index contributed by atoms with van der Waals surface area (Å²) in [5, 5.41) is 3.00. The molecule has 1 aliphatic carbocycles. The molecule has 0 radical (unpaired) electrons. The van der Waals surface area contributed by atoms with Gasteiger partial charge in [-0.2, -0.15) is 0 Å². The second-order valence-electron chi connectivity index (χ2n) is 9.17. The van der Waals surface area contributed by atoms with Gasteiger partial charge in [-0.3, -0.25) is 4.90 Å². The quantitative estimate of drug-likeness (QED) is 0.594. The van der Waals surface area contributed by atoms with Gasteiger partial charge >= 0.3 is 12.0 Å². The molecule has 3 fully saturated rings. The Bertz CT molecular complexity index is 867. The molecule has 4 atom stereocenters. The fourth-order valence-electron chi connectivity index (χ4n) is 6.27. The normalized spacial score (nSPS) is 30.6. The summed E-state index contributed by atoms with van der Waals surface area (Å²) in [5.74, 6) is 0.721. The van der Waals surface area contributed by atoms with Gasteiger partial charge < -0.3 is 15.0 Å². The predicted octanol–water partition coefficient (Wildman–Crippen LogP) is 3.90. The van der Waals surface area contributed by atoms with Gasteiger partial charge in [-0.15, -0.1) is 0 Å². The van der Waals surface area contributed by atoms with Crippen LogP contribution in [-0.4, -0.2) is 60.6 Å². The van der Waals surface area contributed by atoms with E-state index in [1.165, 1.54) is 44.9 Å². The Morgan fingerprint density at radius 2 is 2.00 bits per heavy atom. The molecule has 1 aromatic carbocycles. The molecule has 3 heterocycles. The molecule has 2 amide bonds. The smallest absolute Gasteiger partial charge is 0.339 e. The van der Waals surface area contributed by atoms with E-state index in [2.05, 4.69) is 16.3 Å². The van der Waals surface area contributed by atoms with Crippen molar-refractivity contribution in [3.63, 3.8) is 0 Å². The van der Waals surface area contributed by atoms with E-state index in [1.54, 1.807) is 18.2 Å². The Hall–Kier alpha value is -2.34. The summed E-state index contributed by atoms with van der Waals surface area (Å²) in [6, 6.07) is 7.84. The van der Waals surface area contributed by atoms with Gasteiger partial charge in [-0.1, -0.05) is 30.2 Å². The number of carbonyl (C=O) groups excluding carboxylic acids is 2.